The Hall–Kier alpha value is -3.17. The maximum absolute atomic E-state index is 13.5. The highest BCUT2D eigenvalue weighted by atomic mass is 19.4. The molecule has 3 heterocycles. The fourth-order valence-corrected chi connectivity index (χ4v) is 4.29. The smallest absolute Gasteiger partial charge is 0.336 e. The average molecular weight is 434 g/mol. The van der Waals surface area contributed by atoms with Crippen LogP contribution in [0.15, 0.2) is 35.1 Å². The summed E-state index contributed by atoms with van der Waals surface area (Å²) in [6, 6.07) is 5.79. The summed E-state index contributed by atoms with van der Waals surface area (Å²) in [4.78, 5) is 40.3. The number of hydrogen-bond acceptors (Lipinski definition) is 4. The molecule has 1 atom stereocenters. The molecule has 2 aromatic rings. The number of alkyl halides is 3. The number of aromatic nitrogens is 2. The van der Waals surface area contributed by atoms with Crippen LogP contribution in [0, 0.1) is 0 Å². The fourth-order valence-electron chi connectivity index (χ4n) is 4.29. The van der Waals surface area contributed by atoms with E-state index < -0.39 is 29.2 Å². The monoisotopic (exact) mass is 434 g/mol. The van der Waals surface area contributed by atoms with Crippen molar-refractivity contribution >= 4 is 11.8 Å². The molecule has 0 radical (unpaired) electrons. The zero-order valence-corrected chi connectivity index (χ0v) is 16.6. The minimum Gasteiger partial charge on any atom is -0.336 e. The highest BCUT2D eigenvalue weighted by molar-refractivity contribution is 5.96. The summed E-state index contributed by atoms with van der Waals surface area (Å²) < 4.78 is 40.4. The molecule has 10 heteroatoms. The number of hydrogen-bond donors (Lipinski definition) is 1. The van der Waals surface area contributed by atoms with Gasteiger partial charge in [-0.3, -0.25) is 14.4 Å². The number of carbonyl (C=O) groups is 2. The van der Waals surface area contributed by atoms with E-state index >= 15 is 0 Å². The lowest BCUT2D eigenvalue weighted by Crippen LogP contribution is -2.54. The van der Waals surface area contributed by atoms with Crippen LogP contribution in [-0.2, 0) is 23.9 Å². The first kappa shape index (κ1) is 21.1. The van der Waals surface area contributed by atoms with Crippen molar-refractivity contribution in [3.63, 3.8) is 0 Å². The van der Waals surface area contributed by atoms with Gasteiger partial charge in [0.05, 0.1) is 5.56 Å². The maximum Gasteiger partial charge on any atom is 0.416 e. The third-order valence-electron chi connectivity index (χ3n) is 5.84. The number of aromatic amines is 1. The molecule has 1 unspecified atom stereocenters. The van der Waals surface area contributed by atoms with E-state index in [2.05, 4.69) is 10.2 Å². The molecular formula is C21H21F3N4O3. The van der Waals surface area contributed by atoms with Gasteiger partial charge in [0.15, 0.2) is 0 Å². The summed E-state index contributed by atoms with van der Waals surface area (Å²) in [5.74, 6) is -0.845. The van der Waals surface area contributed by atoms with Crippen molar-refractivity contribution in [1.82, 2.24) is 20.0 Å². The van der Waals surface area contributed by atoms with Gasteiger partial charge in [-0.1, -0.05) is 12.1 Å². The molecule has 4 rings (SSSR count). The van der Waals surface area contributed by atoms with Crippen LogP contribution in [0.2, 0.25) is 0 Å². The second-order valence-electron chi connectivity index (χ2n) is 7.77. The Labute approximate surface area is 175 Å². The maximum atomic E-state index is 13.5. The molecule has 1 saturated heterocycles. The fraction of sp³-hybridized carbons (Fsp3) is 0.429. The lowest BCUT2D eigenvalue weighted by atomic mass is 9.93. The number of likely N-dealkylation sites (tertiary alicyclic amines) is 1. The number of carbonyl (C=O) groups excluding carboxylic acids is 2. The van der Waals surface area contributed by atoms with Crippen LogP contribution in [0.25, 0.3) is 0 Å². The molecule has 2 aliphatic heterocycles. The van der Waals surface area contributed by atoms with Crippen molar-refractivity contribution in [2.24, 2.45) is 0 Å². The van der Waals surface area contributed by atoms with Crippen LogP contribution in [0.1, 0.15) is 46.4 Å². The molecule has 2 amide bonds. The van der Waals surface area contributed by atoms with Crippen LogP contribution in [-0.4, -0.2) is 50.9 Å². The molecule has 1 aromatic heterocycles. The Morgan fingerprint density at radius 1 is 1.10 bits per heavy atom. The van der Waals surface area contributed by atoms with Crippen LogP contribution >= 0.6 is 0 Å². The number of benzene rings is 1. The van der Waals surface area contributed by atoms with Gasteiger partial charge >= 0.3 is 6.18 Å². The Morgan fingerprint density at radius 3 is 2.61 bits per heavy atom. The van der Waals surface area contributed by atoms with Gasteiger partial charge in [0.25, 0.3) is 11.5 Å². The van der Waals surface area contributed by atoms with E-state index in [1.807, 2.05) is 0 Å². The minimum absolute atomic E-state index is 0.0163. The molecule has 0 bridgehead atoms. The van der Waals surface area contributed by atoms with Crippen molar-refractivity contribution < 1.29 is 22.8 Å². The Balaban J connectivity index is 1.58. The van der Waals surface area contributed by atoms with E-state index in [4.69, 9.17) is 0 Å². The summed E-state index contributed by atoms with van der Waals surface area (Å²) in [6.07, 6.45) is -2.30. The predicted octanol–water partition coefficient (Wildman–Crippen LogP) is 2.37. The zero-order chi connectivity index (χ0) is 22.2. The van der Waals surface area contributed by atoms with Gasteiger partial charge in [0.1, 0.15) is 11.7 Å². The minimum atomic E-state index is -4.50. The van der Waals surface area contributed by atoms with Crippen LogP contribution in [0.4, 0.5) is 13.2 Å². The number of fused-ring (bicyclic) bond motifs is 1. The highest BCUT2D eigenvalue weighted by Gasteiger charge is 2.39. The molecule has 164 valence electrons. The molecular weight excluding hydrogens is 413 g/mol. The molecule has 2 aliphatic rings. The third kappa shape index (κ3) is 4.19. The Bertz CT molecular complexity index is 1050. The van der Waals surface area contributed by atoms with Crippen molar-refractivity contribution in [2.75, 3.05) is 13.1 Å². The number of piperidine rings is 1. The number of rotatable bonds is 2. The van der Waals surface area contributed by atoms with Crippen LogP contribution in [0.5, 0.6) is 0 Å². The molecule has 0 spiro atoms. The van der Waals surface area contributed by atoms with Crippen molar-refractivity contribution in [1.29, 1.82) is 0 Å². The van der Waals surface area contributed by atoms with Gasteiger partial charge in [-0.15, -0.1) is 0 Å². The van der Waals surface area contributed by atoms with E-state index in [1.54, 1.807) is 6.07 Å². The summed E-state index contributed by atoms with van der Waals surface area (Å²) in [7, 11) is 0. The molecule has 0 saturated carbocycles. The number of halogens is 3. The summed E-state index contributed by atoms with van der Waals surface area (Å²) in [5, 5.41) is 5.95. The quantitative estimate of drug-likeness (QED) is 0.787. The van der Waals surface area contributed by atoms with Crippen molar-refractivity contribution in [3.8, 4) is 0 Å². The van der Waals surface area contributed by atoms with Crippen molar-refractivity contribution in [2.45, 2.75) is 44.4 Å². The number of H-pyrrole nitrogens is 1. The van der Waals surface area contributed by atoms with E-state index in [-0.39, 0.29) is 23.7 Å². The van der Waals surface area contributed by atoms with Gasteiger partial charge in [0, 0.05) is 25.7 Å². The lowest BCUT2D eigenvalue weighted by Gasteiger charge is -2.39. The Kier molecular flexibility index (Phi) is 5.55. The van der Waals surface area contributed by atoms with Crippen LogP contribution in [0.3, 0.4) is 0 Å². The number of amides is 2. The van der Waals surface area contributed by atoms with E-state index in [0.29, 0.717) is 37.9 Å². The molecule has 7 nitrogen and oxygen atoms in total. The molecule has 0 aliphatic carbocycles. The first-order valence-electron chi connectivity index (χ1n) is 10.1. The normalized spacial score (nSPS) is 19.1. The number of nitrogens with zero attached hydrogens (tertiary/aromatic N) is 3. The standard InChI is InChI=1S/C21H21F3N4O3/c22-21(23,24)15-5-3-4-13-9-11-27(12-14(13)15)20(31)17-6-1-2-10-28(17)19(30)16-7-8-18(29)26-25-16/h3-5,7-8,17H,1-2,6,9-12H2,(H,26,29). The molecule has 31 heavy (non-hydrogen) atoms. The molecule has 1 fully saturated rings. The van der Waals surface area contributed by atoms with Gasteiger partial charge in [0.2, 0.25) is 5.91 Å². The largest absolute Gasteiger partial charge is 0.416 e. The molecule has 1 N–H and O–H groups in total. The SMILES string of the molecule is O=C(C1CCCCN1C(=O)c1ccc(=O)[nH]n1)N1CCc2cccc(C(F)(F)F)c2C1. The Morgan fingerprint density at radius 2 is 1.90 bits per heavy atom. The van der Waals surface area contributed by atoms with Crippen LogP contribution < -0.4 is 5.56 Å². The second kappa shape index (κ2) is 8.16. The lowest BCUT2D eigenvalue weighted by molar-refractivity contribution is -0.142. The van der Waals surface area contributed by atoms with Gasteiger partial charge < -0.3 is 9.80 Å². The number of nitrogens with one attached hydrogen (secondary N) is 1. The van der Waals surface area contributed by atoms with Gasteiger partial charge in [-0.2, -0.15) is 18.3 Å². The van der Waals surface area contributed by atoms with Crippen molar-refractivity contribution in [3.05, 3.63) is 63.1 Å². The van der Waals surface area contributed by atoms with Gasteiger partial charge in [-0.25, -0.2) is 5.10 Å². The highest BCUT2D eigenvalue weighted by Crippen LogP contribution is 2.36. The summed E-state index contributed by atoms with van der Waals surface area (Å²) in [6.45, 7) is 0.496. The predicted molar refractivity (Wildman–Crippen MR) is 104 cm³/mol. The summed E-state index contributed by atoms with van der Waals surface area (Å²) >= 11 is 0. The topological polar surface area (TPSA) is 86.4 Å². The second-order valence-corrected chi connectivity index (χ2v) is 7.77. The first-order chi connectivity index (χ1) is 14.8. The average Bonchev–Trinajstić information content (AvgIpc) is 2.77. The van der Waals surface area contributed by atoms with E-state index in [0.717, 1.165) is 12.5 Å². The summed E-state index contributed by atoms with van der Waals surface area (Å²) in [5.41, 5.74) is -0.451. The first-order valence-corrected chi connectivity index (χ1v) is 10.1. The van der Waals surface area contributed by atoms with E-state index in [1.165, 1.54) is 28.0 Å². The van der Waals surface area contributed by atoms with E-state index in [9.17, 15) is 27.6 Å². The zero-order valence-electron chi connectivity index (χ0n) is 16.6. The van der Waals surface area contributed by atoms with Gasteiger partial charge in [-0.05, 0) is 48.9 Å². The third-order valence-corrected chi connectivity index (χ3v) is 5.84. The molecule has 1 aromatic carbocycles.